The van der Waals surface area contributed by atoms with Gasteiger partial charge in [0.15, 0.2) is 5.78 Å². The number of hydrogen-bond donors (Lipinski definition) is 2. The zero-order chi connectivity index (χ0) is 22.5. The molecule has 5 nitrogen and oxygen atoms in total. The number of allylic oxidation sites excluding steroid dienone is 2. The van der Waals surface area contributed by atoms with Crippen LogP contribution in [-0.4, -0.2) is 15.6 Å². The van der Waals surface area contributed by atoms with E-state index in [4.69, 9.17) is 11.6 Å². The normalized spacial score (nSPS) is 19.7. The largest absolute Gasteiger partial charge is 0.343 e. The van der Waals surface area contributed by atoms with E-state index in [1.54, 1.807) is 17.4 Å². The van der Waals surface area contributed by atoms with Crippen molar-refractivity contribution in [1.29, 1.82) is 0 Å². The topological polar surface area (TPSA) is 66.9 Å². The molecule has 7 heteroatoms. The summed E-state index contributed by atoms with van der Waals surface area (Å²) in [5, 5.41) is 9.29. The van der Waals surface area contributed by atoms with E-state index >= 15 is 0 Å². The molecule has 1 aliphatic carbocycles. The van der Waals surface area contributed by atoms with Gasteiger partial charge >= 0.3 is 0 Å². The molecule has 0 spiro atoms. The minimum absolute atomic E-state index is 0.0737. The maximum atomic E-state index is 13.6. The number of nitrogens with one attached hydrogen (secondary N) is 2. The number of aromatic nitrogens is 2. The van der Waals surface area contributed by atoms with Gasteiger partial charge in [-0.2, -0.15) is 0 Å². The maximum absolute atomic E-state index is 13.6. The molecule has 2 aromatic carbocycles. The molecule has 0 bridgehead atoms. The van der Waals surface area contributed by atoms with Gasteiger partial charge in [-0.15, -0.1) is 11.3 Å². The van der Waals surface area contributed by atoms with Gasteiger partial charge in [0.2, 0.25) is 0 Å². The Hall–Kier alpha value is -3.35. The molecule has 164 valence electrons. The summed E-state index contributed by atoms with van der Waals surface area (Å²) in [6.45, 7) is 0. The standard InChI is InChI=1S/C26H20ClN3O2S/c27-17-7-4-6-15(12-17)22-23-19(13-16(14-20(23)31)21-10-5-11-33-21)28-25-24(22)26(32)30(29-25)18-8-2-1-3-9-18/h1-12,16,22,28-29H,13-14H2/t16-,22-/m0/s1. The van der Waals surface area contributed by atoms with E-state index in [1.807, 2.05) is 60.0 Å². The number of fused-ring (bicyclic) bond motifs is 1. The summed E-state index contributed by atoms with van der Waals surface area (Å²) >= 11 is 8.01. The van der Waals surface area contributed by atoms with Crippen molar-refractivity contribution in [2.24, 2.45) is 0 Å². The third kappa shape index (κ3) is 3.37. The Bertz CT molecular complexity index is 1450. The average Bonchev–Trinajstić information content (AvgIpc) is 3.47. The molecule has 0 saturated carbocycles. The third-order valence-corrected chi connectivity index (χ3v) is 7.70. The predicted octanol–water partition coefficient (Wildman–Crippen LogP) is 5.84. The molecule has 3 heterocycles. The monoisotopic (exact) mass is 473 g/mol. The molecule has 0 saturated heterocycles. The van der Waals surface area contributed by atoms with Crippen LogP contribution < -0.4 is 10.9 Å². The molecule has 0 amide bonds. The minimum Gasteiger partial charge on any atom is -0.343 e. The predicted molar refractivity (Wildman–Crippen MR) is 132 cm³/mol. The highest BCUT2D eigenvalue weighted by Gasteiger charge is 2.41. The molecule has 0 unspecified atom stereocenters. The fraction of sp³-hybridized carbons (Fsp3) is 0.154. The summed E-state index contributed by atoms with van der Waals surface area (Å²) in [4.78, 5) is 28.4. The van der Waals surface area contributed by atoms with Crippen LogP contribution in [0.15, 0.2) is 88.2 Å². The molecular formula is C26H20ClN3O2S. The lowest BCUT2D eigenvalue weighted by molar-refractivity contribution is -0.116. The van der Waals surface area contributed by atoms with E-state index in [-0.39, 0.29) is 17.3 Å². The molecule has 2 N–H and O–H groups in total. The number of H-pyrrole nitrogens is 1. The van der Waals surface area contributed by atoms with Gasteiger partial charge in [-0.1, -0.05) is 48.0 Å². The molecule has 0 fully saturated rings. The van der Waals surface area contributed by atoms with Gasteiger partial charge in [-0.25, -0.2) is 4.68 Å². The van der Waals surface area contributed by atoms with Gasteiger partial charge in [0.05, 0.1) is 11.3 Å². The van der Waals surface area contributed by atoms with Crippen molar-refractivity contribution in [2.45, 2.75) is 24.7 Å². The average molecular weight is 474 g/mol. The number of thiophene rings is 1. The van der Waals surface area contributed by atoms with E-state index in [0.717, 1.165) is 23.4 Å². The van der Waals surface area contributed by atoms with Crippen LogP contribution in [0.4, 0.5) is 5.82 Å². The second-order valence-electron chi connectivity index (χ2n) is 8.43. The zero-order valence-electron chi connectivity index (χ0n) is 17.5. The quantitative estimate of drug-likeness (QED) is 0.393. The fourth-order valence-electron chi connectivity index (χ4n) is 5.00. The molecule has 33 heavy (non-hydrogen) atoms. The van der Waals surface area contributed by atoms with Gasteiger partial charge < -0.3 is 5.32 Å². The first-order valence-electron chi connectivity index (χ1n) is 10.8. The molecule has 0 radical (unpaired) electrons. The number of aromatic amines is 1. The zero-order valence-corrected chi connectivity index (χ0v) is 19.1. The van der Waals surface area contributed by atoms with Gasteiger partial charge in [0.1, 0.15) is 5.82 Å². The van der Waals surface area contributed by atoms with Crippen LogP contribution >= 0.6 is 22.9 Å². The molecule has 6 rings (SSSR count). The minimum atomic E-state index is -0.472. The Balaban J connectivity index is 1.54. The van der Waals surface area contributed by atoms with Crippen LogP contribution in [0.5, 0.6) is 0 Å². The van der Waals surface area contributed by atoms with E-state index < -0.39 is 5.92 Å². The van der Waals surface area contributed by atoms with Crippen molar-refractivity contribution in [1.82, 2.24) is 9.78 Å². The summed E-state index contributed by atoms with van der Waals surface area (Å²) in [5.74, 6) is 0.366. The van der Waals surface area contributed by atoms with Crippen LogP contribution in [0.2, 0.25) is 5.02 Å². The molecule has 1 aliphatic heterocycles. The van der Waals surface area contributed by atoms with Crippen LogP contribution in [0.25, 0.3) is 5.69 Å². The van der Waals surface area contributed by atoms with Crippen LogP contribution in [0, 0.1) is 0 Å². The van der Waals surface area contributed by atoms with Crippen LogP contribution in [0.1, 0.15) is 40.7 Å². The summed E-state index contributed by atoms with van der Waals surface area (Å²) in [6.07, 6.45) is 1.15. The van der Waals surface area contributed by atoms with Crippen molar-refractivity contribution < 1.29 is 4.79 Å². The van der Waals surface area contributed by atoms with E-state index in [1.165, 1.54) is 9.56 Å². The van der Waals surface area contributed by atoms with Gasteiger partial charge in [-0.05, 0) is 47.7 Å². The first kappa shape index (κ1) is 20.3. The number of ketones is 1. The summed E-state index contributed by atoms with van der Waals surface area (Å²) < 4.78 is 1.54. The number of Topliss-reactive ketones (excluding diaryl/α,β-unsaturated/α-hetero) is 1. The smallest absolute Gasteiger partial charge is 0.277 e. The summed E-state index contributed by atoms with van der Waals surface area (Å²) in [6, 6.07) is 21.0. The lowest BCUT2D eigenvalue weighted by atomic mass is 9.74. The van der Waals surface area contributed by atoms with Gasteiger partial charge in [-0.3, -0.25) is 14.7 Å². The van der Waals surface area contributed by atoms with Gasteiger partial charge in [0, 0.05) is 39.4 Å². The van der Waals surface area contributed by atoms with Crippen molar-refractivity contribution >= 4 is 34.5 Å². The van der Waals surface area contributed by atoms with Crippen molar-refractivity contribution in [2.75, 3.05) is 5.32 Å². The number of halogens is 1. The Morgan fingerprint density at radius 3 is 2.58 bits per heavy atom. The second kappa shape index (κ2) is 7.90. The lowest BCUT2D eigenvalue weighted by Crippen LogP contribution is -2.31. The van der Waals surface area contributed by atoms with E-state index in [0.29, 0.717) is 28.4 Å². The number of carbonyl (C=O) groups excluding carboxylic acids is 1. The SMILES string of the molecule is O=C1C[C@@H](c2cccs2)CC2=C1[C@H](c1cccc(Cl)c1)c1c([nH]n(-c3ccccc3)c1=O)N2. The summed E-state index contributed by atoms with van der Waals surface area (Å²) in [5.41, 5.74) is 3.51. The molecule has 2 atom stereocenters. The number of anilines is 1. The van der Waals surface area contributed by atoms with Crippen molar-refractivity contribution in [3.63, 3.8) is 0 Å². The summed E-state index contributed by atoms with van der Waals surface area (Å²) in [7, 11) is 0. The first-order valence-corrected chi connectivity index (χ1v) is 12.1. The third-order valence-electron chi connectivity index (χ3n) is 6.43. The highest BCUT2D eigenvalue weighted by Crippen LogP contribution is 2.47. The number of carbonyl (C=O) groups is 1. The highest BCUT2D eigenvalue weighted by atomic mass is 35.5. The number of para-hydroxylation sites is 1. The Morgan fingerprint density at radius 2 is 1.82 bits per heavy atom. The second-order valence-corrected chi connectivity index (χ2v) is 9.84. The lowest BCUT2D eigenvalue weighted by Gasteiger charge is -2.34. The number of rotatable bonds is 3. The molecule has 2 aliphatic rings. The van der Waals surface area contributed by atoms with Crippen LogP contribution in [-0.2, 0) is 4.79 Å². The fourth-order valence-corrected chi connectivity index (χ4v) is 6.03. The Kier molecular flexibility index (Phi) is 4.85. The number of benzene rings is 2. The van der Waals surface area contributed by atoms with Crippen LogP contribution in [0.3, 0.4) is 0 Å². The number of nitrogens with zero attached hydrogens (tertiary/aromatic N) is 1. The van der Waals surface area contributed by atoms with Crippen molar-refractivity contribution in [3.8, 4) is 5.69 Å². The molecule has 4 aromatic rings. The highest BCUT2D eigenvalue weighted by molar-refractivity contribution is 7.10. The van der Waals surface area contributed by atoms with Crippen molar-refractivity contribution in [3.05, 3.63) is 115 Å². The molecular weight excluding hydrogens is 454 g/mol. The molecule has 2 aromatic heterocycles. The van der Waals surface area contributed by atoms with E-state index in [9.17, 15) is 9.59 Å². The maximum Gasteiger partial charge on any atom is 0.277 e. The Morgan fingerprint density at radius 1 is 0.970 bits per heavy atom. The first-order chi connectivity index (χ1) is 16.1. The number of hydrogen-bond acceptors (Lipinski definition) is 4. The van der Waals surface area contributed by atoms with E-state index in [2.05, 4.69) is 16.5 Å². The Labute approximate surface area is 199 Å². The van der Waals surface area contributed by atoms with Gasteiger partial charge in [0.25, 0.3) is 5.56 Å².